The van der Waals surface area contributed by atoms with Crippen LogP contribution in [0.4, 0.5) is 5.69 Å². The van der Waals surface area contributed by atoms with Crippen molar-refractivity contribution >= 4 is 5.69 Å². The highest BCUT2D eigenvalue weighted by Crippen LogP contribution is 2.29. The molecule has 1 fully saturated rings. The first-order valence-electron chi connectivity index (χ1n) is 7.00. The third-order valence-electron chi connectivity index (χ3n) is 3.72. The molecule has 1 aliphatic heterocycles. The van der Waals surface area contributed by atoms with Crippen LogP contribution >= 0.6 is 0 Å². The molecule has 4 heteroatoms. The molecule has 0 aromatic heterocycles. The summed E-state index contributed by atoms with van der Waals surface area (Å²) < 4.78 is 10.5. The van der Waals surface area contributed by atoms with Crippen LogP contribution in [-0.4, -0.2) is 33.9 Å². The lowest BCUT2D eigenvalue weighted by Crippen LogP contribution is -2.28. The molecule has 2 N–H and O–H groups in total. The fourth-order valence-corrected chi connectivity index (χ4v) is 2.54. The normalized spacial score (nSPS) is 16.1. The molecule has 0 unspecified atom stereocenters. The number of ether oxygens (including phenoxy) is 2. The lowest BCUT2D eigenvalue weighted by Gasteiger charge is -2.22. The summed E-state index contributed by atoms with van der Waals surface area (Å²) in [5, 5.41) is 6.86. The van der Waals surface area contributed by atoms with E-state index in [1.807, 2.05) is 18.2 Å². The van der Waals surface area contributed by atoms with Gasteiger partial charge in [-0.2, -0.15) is 0 Å². The van der Waals surface area contributed by atoms with Gasteiger partial charge in [-0.3, -0.25) is 0 Å². The Hall–Kier alpha value is -1.42. The fourth-order valence-electron chi connectivity index (χ4n) is 2.54. The van der Waals surface area contributed by atoms with Crippen molar-refractivity contribution in [3.05, 3.63) is 18.2 Å². The van der Waals surface area contributed by atoms with Crippen molar-refractivity contribution in [2.45, 2.75) is 19.3 Å². The van der Waals surface area contributed by atoms with Crippen LogP contribution in [0, 0.1) is 5.92 Å². The largest absolute Gasteiger partial charge is 0.493 e. The van der Waals surface area contributed by atoms with Crippen molar-refractivity contribution in [2.24, 2.45) is 5.92 Å². The van der Waals surface area contributed by atoms with E-state index in [1.54, 1.807) is 14.2 Å². The van der Waals surface area contributed by atoms with Crippen molar-refractivity contribution in [1.29, 1.82) is 0 Å². The maximum Gasteiger partial charge on any atom is 0.162 e. The minimum atomic E-state index is 0.770. The van der Waals surface area contributed by atoms with Crippen molar-refractivity contribution in [3.63, 3.8) is 0 Å². The molecule has 1 aromatic rings. The fraction of sp³-hybridized carbons (Fsp3) is 0.600. The quantitative estimate of drug-likeness (QED) is 0.828. The summed E-state index contributed by atoms with van der Waals surface area (Å²) in [4.78, 5) is 0. The van der Waals surface area contributed by atoms with Crippen LogP contribution in [0.1, 0.15) is 19.3 Å². The zero-order valence-electron chi connectivity index (χ0n) is 11.9. The van der Waals surface area contributed by atoms with Crippen LogP contribution in [0.5, 0.6) is 11.5 Å². The van der Waals surface area contributed by atoms with Gasteiger partial charge in [-0.05, 0) is 50.4 Å². The summed E-state index contributed by atoms with van der Waals surface area (Å²) in [6.07, 6.45) is 3.83. The molecule has 0 aliphatic carbocycles. The first-order valence-corrected chi connectivity index (χ1v) is 7.00. The maximum atomic E-state index is 5.30. The monoisotopic (exact) mass is 264 g/mol. The van der Waals surface area contributed by atoms with Gasteiger partial charge in [0.05, 0.1) is 14.2 Å². The number of benzene rings is 1. The molecule has 0 spiro atoms. The average molecular weight is 264 g/mol. The van der Waals surface area contributed by atoms with E-state index < -0.39 is 0 Å². The summed E-state index contributed by atoms with van der Waals surface area (Å²) in [7, 11) is 3.32. The van der Waals surface area contributed by atoms with Crippen LogP contribution in [0.3, 0.4) is 0 Å². The van der Waals surface area contributed by atoms with E-state index in [0.29, 0.717) is 0 Å². The van der Waals surface area contributed by atoms with E-state index in [2.05, 4.69) is 10.6 Å². The van der Waals surface area contributed by atoms with Gasteiger partial charge in [-0.15, -0.1) is 0 Å². The average Bonchev–Trinajstić information content (AvgIpc) is 2.48. The summed E-state index contributed by atoms with van der Waals surface area (Å²) in [5.74, 6) is 2.40. The van der Waals surface area contributed by atoms with Gasteiger partial charge in [0.2, 0.25) is 0 Å². The standard InChI is InChI=1S/C15H24N2O2/c1-18-14-4-3-13(11-15(14)19-2)17-10-7-12-5-8-16-9-6-12/h3-4,11-12,16-17H,5-10H2,1-2H3. The molecular weight excluding hydrogens is 240 g/mol. The number of hydrogen-bond donors (Lipinski definition) is 2. The zero-order valence-corrected chi connectivity index (χ0v) is 11.9. The highest BCUT2D eigenvalue weighted by Gasteiger charge is 2.12. The predicted octanol–water partition coefficient (Wildman–Crippen LogP) is 2.51. The lowest BCUT2D eigenvalue weighted by molar-refractivity contribution is 0.355. The van der Waals surface area contributed by atoms with E-state index >= 15 is 0 Å². The Kier molecular flexibility index (Phi) is 5.33. The van der Waals surface area contributed by atoms with E-state index in [-0.39, 0.29) is 0 Å². The molecule has 0 bridgehead atoms. The number of methoxy groups -OCH3 is 2. The second-order valence-corrected chi connectivity index (χ2v) is 4.98. The first-order chi connectivity index (χ1) is 9.33. The number of hydrogen-bond acceptors (Lipinski definition) is 4. The molecule has 0 saturated carbocycles. The molecule has 0 radical (unpaired) electrons. The molecule has 106 valence electrons. The predicted molar refractivity (Wildman–Crippen MR) is 78.2 cm³/mol. The van der Waals surface area contributed by atoms with Gasteiger partial charge >= 0.3 is 0 Å². The molecular formula is C15H24N2O2. The van der Waals surface area contributed by atoms with Gasteiger partial charge in [-0.1, -0.05) is 0 Å². The zero-order chi connectivity index (χ0) is 13.5. The summed E-state index contributed by atoms with van der Waals surface area (Å²) in [6, 6.07) is 5.96. The SMILES string of the molecule is COc1ccc(NCCC2CCNCC2)cc1OC. The first kappa shape index (κ1) is 14.0. The Morgan fingerprint density at radius 2 is 1.89 bits per heavy atom. The minimum Gasteiger partial charge on any atom is -0.493 e. The van der Waals surface area contributed by atoms with Gasteiger partial charge in [0, 0.05) is 18.3 Å². The summed E-state index contributed by atoms with van der Waals surface area (Å²) in [6.45, 7) is 3.35. The third kappa shape index (κ3) is 4.03. The molecule has 1 saturated heterocycles. The van der Waals surface area contributed by atoms with Crippen LogP contribution in [0.2, 0.25) is 0 Å². The van der Waals surface area contributed by atoms with Crippen molar-refractivity contribution in [2.75, 3.05) is 39.2 Å². The Morgan fingerprint density at radius 3 is 2.58 bits per heavy atom. The van der Waals surface area contributed by atoms with Gasteiger partial charge in [0.1, 0.15) is 0 Å². The molecule has 1 aromatic carbocycles. The van der Waals surface area contributed by atoms with Crippen LogP contribution in [0.25, 0.3) is 0 Å². The summed E-state index contributed by atoms with van der Waals surface area (Å²) in [5.41, 5.74) is 1.09. The summed E-state index contributed by atoms with van der Waals surface area (Å²) >= 11 is 0. The highest BCUT2D eigenvalue weighted by molar-refractivity contribution is 5.54. The number of piperidine rings is 1. The van der Waals surface area contributed by atoms with Gasteiger partial charge < -0.3 is 20.1 Å². The van der Waals surface area contributed by atoms with Crippen molar-refractivity contribution in [3.8, 4) is 11.5 Å². The van der Waals surface area contributed by atoms with Crippen molar-refractivity contribution < 1.29 is 9.47 Å². The Bertz CT molecular complexity index is 390. The van der Waals surface area contributed by atoms with Crippen LogP contribution in [-0.2, 0) is 0 Å². The van der Waals surface area contributed by atoms with Crippen LogP contribution in [0.15, 0.2) is 18.2 Å². The van der Waals surface area contributed by atoms with E-state index in [0.717, 1.165) is 29.6 Å². The van der Waals surface area contributed by atoms with E-state index in [9.17, 15) is 0 Å². The highest BCUT2D eigenvalue weighted by atomic mass is 16.5. The molecule has 0 amide bonds. The second-order valence-electron chi connectivity index (χ2n) is 4.98. The molecule has 19 heavy (non-hydrogen) atoms. The second kappa shape index (κ2) is 7.24. The minimum absolute atomic E-state index is 0.770. The molecule has 1 aliphatic rings. The lowest BCUT2D eigenvalue weighted by atomic mass is 9.95. The van der Waals surface area contributed by atoms with Gasteiger partial charge in [0.15, 0.2) is 11.5 Å². The topological polar surface area (TPSA) is 42.5 Å². The number of rotatable bonds is 6. The Balaban J connectivity index is 1.81. The number of anilines is 1. The van der Waals surface area contributed by atoms with Gasteiger partial charge in [0.25, 0.3) is 0 Å². The number of nitrogens with one attached hydrogen (secondary N) is 2. The Labute approximate surface area is 115 Å². The molecule has 1 heterocycles. The third-order valence-corrected chi connectivity index (χ3v) is 3.72. The van der Waals surface area contributed by atoms with Crippen LogP contribution < -0.4 is 20.1 Å². The molecule has 2 rings (SSSR count). The van der Waals surface area contributed by atoms with E-state index in [4.69, 9.17) is 9.47 Å². The van der Waals surface area contributed by atoms with Crippen molar-refractivity contribution in [1.82, 2.24) is 5.32 Å². The smallest absolute Gasteiger partial charge is 0.162 e. The molecule has 4 nitrogen and oxygen atoms in total. The van der Waals surface area contributed by atoms with E-state index in [1.165, 1.54) is 32.4 Å². The maximum absolute atomic E-state index is 5.30. The van der Waals surface area contributed by atoms with Gasteiger partial charge in [-0.25, -0.2) is 0 Å². The Morgan fingerprint density at radius 1 is 1.16 bits per heavy atom. The molecule has 0 atom stereocenters.